The summed E-state index contributed by atoms with van der Waals surface area (Å²) in [6.07, 6.45) is 0. The normalized spacial score (nSPS) is 11.2. The zero-order valence-corrected chi connectivity index (χ0v) is 15.4. The standard InChI is InChI=1S/C20H18F2N2O2S/c1-14-12-18(10-11-19(14)21)27(25,26)24-17-8-6-16(7-9-17)23-13-15-4-2-3-5-20(15)22/h2-12,23-24H,13H2,1H3. The first-order valence-electron chi connectivity index (χ1n) is 8.21. The van der Waals surface area contributed by atoms with E-state index in [2.05, 4.69) is 10.0 Å². The SMILES string of the molecule is Cc1cc(S(=O)(=O)Nc2ccc(NCc3ccccc3F)cc2)ccc1F. The highest BCUT2D eigenvalue weighted by atomic mass is 32.2. The van der Waals surface area contributed by atoms with Crippen LogP contribution in [0.3, 0.4) is 0 Å². The van der Waals surface area contributed by atoms with E-state index in [0.29, 0.717) is 17.8 Å². The maximum atomic E-state index is 13.6. The highest BCUT2D eigenvalue weighted by Gasteiger charge is 2.15. The first-order chi connectivity index (χ1) is 12.8. The summed E-state index contributed by atoms with van der Waals surface area (Å²) in [5.41, 5.74) is 1.88. The second-order valence-corrected chi connectivity index (χ2v) is 7.72. The van der Waals surface area contributed by atoms with Crippen molar-refractivity contribution in [2.45, 2.75) is 18.4 Å². The Morgan fingerprint density at radius 2 is 1.52 bits per heavy atom. The van der Waals surface area contributed by atoms with Crippen molar-refractivity contribution in [3.63, 3.8) is 0 Å². The average molecular weight is 388 g/mol. The number of halogens is 2. The van der Waals surface area contributed by atoms with Crippen LogP contribution in [0.15, 0.2) is 71.6 Å². The van der Waals surface area contributed by atoms with Crippen molar-refractivity contribution >= 4 is 21.4 Å². The lowest BCUT2D eigenvalue weighted by atomic mass is 10.2. The highest BCUT2D eigenvalue weighted by Crippen LogP contribution is 2.20. The molecule has 4 nitrogen and oxygen atoms in total. The lowest BCUT2D eigenvalue weighted by Crippen LogP contribution is -2.13. The van der Waals surface area contributed by atoms with Crippen LogP contribution in [0.5, 0.6) is 0 Å². The summed E-state index contributed by atoms with van der Waals surface area (Å²) in [5, 5.41) is 3.08. The number of anilines is 2. The van der Waals surface area contributed by atoms with Gasteiger partial charge in [0.1, 0.15) is 11.6 Å². The second-order valence-electron chi connectivity index (χ2n) is 6.04. The number of hydrogen-bond acceptors (Lipinski definition) is 3. The molecule has 0 heterocycles. The van der Waals surface area contributed by atoms with Gasteiger partial charge in [0.15, 0.2) is 0 Å². The van der Waals surface area contributed by atoms with E-state index in [1.54, 1.807) is 42.5 Å². The topological polar surface area (TPSA) is 58.2 Å². The number of rotatable bonds is 6. The van der Waals surface area contributed by atoms with Gasteiger partial charge in [0, 0.05) is 23.5 Å². The Balaban J connectivity index is 1.68. The molecule has 0 atom stereocenters. The maximum Gasteiger partial charge on any atom is 0.261 e. The van der Waals surface area contributed by atoms with E-state index in [1.165, 1.54) is 25.1 Å². The molecule has 7 heteroatoms. The lowest BCUT2D eigenvalue weighted by molar-refractivity contribution is 0.598. The third-order valence-electron chi connectivity index (χ3n) is 4.02. The van der Waals surface area contributed by atoms with Gasteiger partial charge in [0.2, 0.25) is 0 Å². The van der Waals surface area contributed by atoms with Crippen LogP contribution < -0.4 is 10.0 Å². The van der Waals surface area contributed by atoms with Crippen molar-refractivity contribution in [3.8, 4) is 0 Å². The fourth-order valence-corrected chi connectivity index (χ4v) is 3.64. The molecular formula is C20H18F2N2O2S. The molecule has 0 amide bonds. The summed E-state index contributed by atoms with van der Waals surface area (Å²) < 4.78 is 54.2. The van der Waals surface area contributed by atoms with Gasteiger partial charge in [0.25, 0.3) is 10.0 Å². The van der Waals surface area contributed by atoms with Crippen LogP contribution in [0.25, 0.3) is 0 Å². The van der Waals surface area contributed by atoms with Crippen LogP contribution in [0.2, 0.25) is 0 Å². The third kappa shape index (κ3) is 4.62. The van der Waals surface area contributed by atoms with Crippen molar-refractivity contribution in [2.75, 3.05) is 10.0 Å². The van der Waals surface area contributed by atoms with E-state index in [1.807, 2.05) is 0 Å². The largest absolute Gasteiger partial charge is 0.381 e. The smallest absolute Gasteiger partial charge is 0.261 e. The van der Waals surface area contributed by atoms with Gasteiger partial charge in [-0.3, -0.25) is 4.72 Å². The molecule has 140 valence electrons. The maximum absolute atomic E-state index is 13.6. The Kier molecular flexibility index (Phi) is 5.41. The lowest BCUT2D eigenvalue weighted by Gasteiger charge is -2.11. The van der Waals surface area contributed by atoms with Gasteiger partial charge in [-0.05, 0) is 61.0 Å². The van der Waals surface area contributed by atoms with E-state index < -0.39 is 15.8 Å². The summed E-state index contributed by atoms with van der Waals surface area (Å²) in [6, 6.07) is 16.7. The van der Waals surface area contributed by atoms with Gasteiger partial charge in [-0.15, -0.1) is 0 Å². The van der Waals surface area contributed by atoms with E-state index in [0.717, 1.165) is 11.8 Å². The van der Waals surface area contributed by atoms with Crippen LogP contribution >= 0.6 is 0 Å². The molecule has 3 aromatic rings. The van der Waals surface area contributed by atoms with E-state index in [9.17, 15) is 17.2 Å². The number of aryl methyl sites for hydroxylation is 1. The minimum absolute atomic E-state index is 0.0110. The summed E-state index contributed by atoms with van der Waals surface area (Å²) >= 11 is 0. The molecule has 0 aliphatic carbocycles. The molecule has 0 aliphatic heterocycles. The van der Waals surface area contributed by atoms with Gasteiger partial charge in [0.05, 0.1) is 4.90 Å². The molecule has 0 spiro atoms. The molecule has 2 N–H and O–H groups in total. The third-order valence-corrected chi connectivity index (χ3v) is 5.40. The van der Waals surface area contributed by atoms with Gasteiger partial charge in [-0.2, -0.15) is 0 Å². The van der Waals surface area contributed by atoms with Gasteiger partial charge < -0.3 is 5.32 Å². The van der Waals surface area contributed by atoms with E-state index in [-0.39, 0.29) is 16.3 Å². The molecule has 0 aromatic heterocycles. The number of hydrogen-bond donors (Lipinski definition) is 2. The molecule has 0 saturated heterocycles. The molecule has 0 unspecified atom stereocenters. The molecule has 3 rings (SSSR count). The molecule has 0 bridgehead atoms. The van der Waals surface area contributed by atoms with Crippen LogP contribution in [0, 0.1) is 18.6 Å². The fourth-order valence-electron chi connectivity index (χ4n) is 2.49. The second kappa shape index (κ2) is 7.75. The van der Waals surface area contributed by atoms with Crippen molar-refractivity contribution in [1.29, 1.82) is 0 Å². The fraction of sp³-hybridized carbons (Fsp3) is 0.100. The van der Waals surface area contributed by atoms with E-state index in [4.69, 9.17) is 0 Å². The predicted octanol–water partition coefficient (Wildman–Crippen LogP) is 4.69. The summed E-state index contributed by atoms with van der Waals surface area (Å²) in [5.74, 6) is -0.747. The van der Waals surface area contributed by atoms with Crippen LogP contribution in [-0.2, 0) is 16.6 Å². The minimum Gasteiger partial charge on any atom is -0.381 e. The molecular weight excluding hydrogens is 370 g/mol. The molecule has 0 fully saturated rings. The minimum atomic E-state index is -3.81. The summed E-state index contributed by atoms with van der Waals surface area (Å²) in [6.45, 7) is 1.82. The zero-order chi connectivity index (χ0) is 19.4. The van der Waals surface area contributed by atoms with E-state index >= 15 is 0 Å². The average Bonchev–Trinajstić information content (AvgIpc) is 2.64. The molecule has 27 heavy (non-hydrogen) atoms. The van der Waals surface area contributed by atoms with Crippen LogP contribution in [0.1, 0.15) is 11.1 Å². The summed E-state index contributed by atoms with van der Waals surface area (Å²) in [7, 11) is -3.81. The Hall–Kier alpha value is -2.93. The Morgan fingerprint density at radius 3 is 2.19 bits per heavy atom. The van der Waals surface area contributed by atoms with Crippen molar-refractivity contribution in [1.82, 2.24) is 0 Å². The van der Waals surface area contributed by atoms with Crippen LogP contribution in [-0.4, -0.2) is 8.42 Å². The zero-order valence-electron chi connectivity index (χ0n) is 14.5. The highest BCUT2D eigenvalue weighted by molar-refractivity contribution is 7.92. The molecule has 3 aromatic carbocycles. The Labute approximate surface area is 156 Å². The van der Waals surface area contributed by atoms with Crippen molar-refractivity contribution in [2.24, 2.45) is 0 Å². The number of sulfonamides is 1. The number of benzene rings is 3. The Morgan fingerprint density at radius 1 is 0.852 bits per heavy atom. The molecule has 0 radical (unpaired) electrons. The first kappa shape index (κ1) is 18.8. The predicted molar refractivity (Wildman–Crippen MR) is 102 cm³/mol. The molecule has 0 saturated carbocycles. The quantitative estimate of drug-likeness (QED) is 0.644. The van der Waals surface area contributed by atoms with Crippen LogP contribution in [0.4, 0.5) is 20.2 Å². The first-order valence-corrected chi connectivity index (χ1v) is 9.70. The monoisotopic (exact) mass is 388 g/mol. The number of nitrogens with one attached hydrogen (secondary N) is 2. The van der Waals surface area contributed by atoms with Gasteiger partial charge in [-0.1, -0.05) is 18.2 Å². The summed E-state index contributed by atoms with van der Waals surface area (Å²) in [4.78, 5) is -0.0110. The van der Waals surface area contributed by atoms with Gasteiger partial charge in [-0.25, -0.2) is 17.2 Å². The van der Waals surface area contributed by atoms with Crippen molar-refractivity contribution < 1.29 is 17.2 Å². The van der Waals surface area contributed by atoms with Gasteiger partial charge >= 0.3 is 0 Å². The Bertz CT molecular complexity index is 1050. The molecule has 0 aliphatic rings. The van der Waals surface area contributed by atoms with Crippen molar-refractivity contribution in [3.05, 3.63) is 89.5 Å².